The first-order valence-electron chi connectivity index (χ1n) is 5.85. The van der Waals surface area contributed by atoms with Crippen LogP contribution in [0.2, 0.25) is 5.02 Å². The highest BCUT2D eigenvalue weighted by Crippen LogP contribution is 2.28. The minimum Gasteiger partial charge on any atom is -0.388 e. The molecule has 19 heavy (non-hydrogen) atoms. The van der Waals surface area contributed by atoms with Crippen molar-refractivity contribution < 1.29 is 9.50 Å². The van der Waals surface area contributed by atoms with Crippen LogP contribution in [0.4, 0.5) is 4.39 Å². The zero-order valence-corrected chi connectivity index (χ0v) is 12.7. The Labute approximate surface area is 125 Å². The van der Waals surface area contributed by atoms with Crippen molar-refractivity contribution in [3.8, 4) is 0 Å². The molecule has 0 spiro atoms. The second kappa shape index (κ2) is 6.04. The molecule has 0 amide bonds. The maximum atomic E-state index is 13.6. The van der Waals surface area contributed by atoms with E-state index in [9.17, 15) is 9.50 Å². The lowest BCUT2D eigenvalue weighted by atomic mass is 10.00. The fourth-order valence-electron chi connectivity index (χ4n) is 1.94. The molecule has 100 valence electrons. The van der Waals surface area contributed by atoms with Gasteiger partial charge in [0.05, 0.1) is 6.10 Å². The van der Waals surface area contributed by atoms with Gasteiger partial charge in [0.25, 0.3) is 0 Å². The summed E-state index contributed by atoms with van der Waals surface area (Å²) in [5, 5.41) is 10.7. The average Bonchev–Trinajstić information content (AvgIpc) is 2.36. The van der Waals surface area contributed by atoms with Crippen LogP contribution in [0, 0.1) is 12.7 Å². The van der Waals surface area contributed by atoms with Gasteiger partial charge in [0, 0.05) is 15.9 Å². The van der Waals surface area contributed by atoms with Crippen LogP contribution < -0.4 is 0 Å². The third-order valence-corrected chi connectivity index (χ3v) is 3.89. The molecule has 0 radical (unpaired) electrons. The summed E-state index contributed by atoms with van der Waals surface area (Å²) >= 11 is 9.24. The molecule has 0 fully saturated rings. The van der Waals surface area contributed by atoms with Gasteiger partial charge in [0.15, 0.2) is 0 Å². The Kier molecular flexibility index (Phi) is 4.61. The molecule has 1 atom stereocenters. The number of hydrogen-bond acceptors (Lipinski definition) is 1. The molecular formula is C15H13BrClFO. The fraction of sp³-hybridized carbons (Fsp3) is 0.200. The number of halogens is 3. The van der Waals surface area contributed by atoms with Gasteiger partial charge in [0.1, 0.15) is 5.82 Å². The number of hydrogen-bond donors (Lipinski definition) is 1. The van der Waals surface area contributed by atoms with E-state index in [2.05, 4.69) is 15.9 Å². The molecule has 1 N–H and O–H groups in total. The molecule has 1 unspecified atom stereocenters. The molecule has 2 rings (SSSR count). The fourth-order valence-corrected chi connectivity index (χ4v) is 2.64. The molecule has 0 saturated carbocycles. The molecule has 0 saturated heterocycles. The van der Waals surface area contributed by atoms with E-state index in [1.54, 1.807) is 6.07 Å². The summed E-state index contributed by atoms with van der Waals surface area (Å²) in [6, 6.07) is 10.1. The summed E-state index contributed by atoms with van der Waals surface area (Å²) in [5.41, 5.74) is 2.21. The summed E-state index contributed by atoms with van der Waals surface area (Å²) in [4.78, 5) is 0. The second-order valence-corrected chi connectivity index (χ2v) is 5.77. The van der Waals surface area contributed by atoms with Crippen molar-refractivity contribution in [1.82, 2.24) is 0 Å². The average molecular weight is 344 g/mol. The predicted octanol–water partition coefficient (Wildman–Crippen LogP) is 4.83. The van der Waals surface area contributed by atoms with Crippen molar-refractivity contribution >= 4 is 27.5 Å². The molecule has 0 aliphatic rings. The minimum atomic E-state index is -0.776. The van der Waals surface area contributed by atoms with Crippen molar-refractivity contribution in [3.05, 3.63) is 68.4 Å². The van der Waals surface area contributed by atoms with Crippen LogP contribution in [-0.4, -0.2) is 5.11 Å². The van der Waals surface area contributed by atoms with Crippen LogP contribution in [0.1, 0.15) is 22.8 Å². The van der Waals surface area contributed by atoms with Gasteiger partial charge in [-0.25, -0.2) is 4.39 Å². The standard InChI is InChI=1S/C15H13BrClFO/c1-9-2-4-13(16)12(6-9)15(19)8-10-7-11(17)3-5-14(10)18/h2-7,15,19H,8H2,1H3. The van der Waals surface area contributed by atoms with E-state index in [-0.39, 0.29) is 12.2 Å². The molecule has 0 aliphatic heterocycles. The number of aliphatic hydroxyl groups is 1. The van der Waals surface area contributed by atoms with Crippen LogP contribution in [0.25, 0.3) is 0 Å². The quantitative estimate of drug-likeness (QED) is 0.846. The number of rotatable bonds is 3. The highest BCUT2D eigenvalue weighted by atomic mass is 79.9. The molecule has 2 aromatic rings. The van der Waals surface area contributed by atoms with E-state index < -0.39 is 6.10 Å². The van der Waals surface area contributed by atoms with Gasteiger partial charge in [-0.2, -0.15) is 0 Å². The number of aryl methyl sites for hydroxylation is 1. The van der Waals surface area contributed by atoms with E-state index in [4.69, 9.17) is 11.6 Å². The Hall–Kier alpha value is -0.900. The van der Waals surface area contributed by atoms with Gasteiger partial charge in [-0.05, 0) is 42.3 Å². The largest absolute Gasteiger partial charge is 0.388 e. The van der Waals surface area contributed by atoms with Gasteiger partial charge >= 0.3 is 0 Å². The molecule has 0 heterocycles. The van der Waals surface area contributed by atoms with Crippen molar-refractivity contribution in [3.63, 3.8) is 0 Å². The molecule has 1 nitrogen and oxygen atoms in total. The topological polar surface area (TPSA) is 20.2 Å². The van der Waals surface area contributed by atoms with Crippen LogP contribution >= 0.6 is 27.5 Å². The van der Waals surface area contributed by atoms with Crippen molar-refractivity contribution in [1.29, 1.82) is 0 Å². The Morgan fingerprint density at radius 3 is 2.74 bits per heavy atom. The monoisotopic (exact) mass is 342 g/mol. The maximum Gasteiger partial charge on any atom is 0.126 e. The van der Waals surface area contributed by atoms with Crippen molar-refractivity contribution in [2.45, 2.75) is 19.4 Å². The highest BCUT2D eigenvalue weighted by Gasteiger charge is 2.15. The highest BCUT2D eigenvalue weighted by molar-refractivity contribution is 9.10. The first-order chi connectivity index (χ1) is 8.97. The summed E-state index contributed by atoms with van der Waals surface area (Å²) in [6.07, 6.45) is -0.587. The van der Waals surface area contributed by atoms with Crippen LogP contribution in [0.5, 0.6) is 0 Å². The van der Waals surface area contributed by atoms with E-state index in [1.807, 2.05) is 25.1 Å². The molecular weight excluding hydrogens is 331 g/mol. The van der Waals surface area contributed by atoms with E-state index in [0.717, 1.165) is 15.6 Å². The number of benzene rings is 2. The van der Waals surface area contributed by atoms with Gasteiger partial charge in [-0.3, -0.25) is 0 Å². The smallest absolute Gasteiger partial charge is 0.126 e. The van der Waals surface area contributed by atoms with Crippen LogP contribution in [-0.2, 0) is 6.42 Å². The second-order valence-electron chi connectivity index (χ2n) is 4.48. The Bertz CT molecular complexity index is 601. The number of aliphatic hydroxyl groups excluding tert-OH is 1. The molecule has 2 aromatic carbocycles. The van der Waals surface area contributed by atoms with Gasteiger partial charge in [0.2, 0.25) is 0 Å². The maximum absolute atomic E-state index is 13.6. The van der Waals surface area contributed by atoms with Crippen molar-refractivity contribution in [2.24, 2.45) is 0 Å². The van der Waals surface area contributed by atoms with E-state index >= 15 is 0 Å². The van der Waals surface area contributed by atoms with Crippen molar-refractivity contribution in [2.75, 3.05) is 0 Å². The van der Waals surface area contributed by atoms with Gasteiger partial charge in [-0.1, -0.05) is 45.2 Å². The normalized spacial score (nSPS) is 12.5. The van der Waals surface area contributed by atoms with Gasteiger partial charge < -0.3 is 5.11 Å². The summed E-state index contributed by atoms with van der Waals surface area (Å²) < 4.78 is 14.5. The SMILES string of the molecule is Cc1ccc(Br)c(C(O)Cc2cc(Cl)ccc2F)c1. The third kappa shape index (κ3) is 3.56. The zero-order chi connectivity index (χ0) is 14.0. The minimum absolute atomic E-state index is 0.189. The van der Waals surface area contributed by atoms with Crippen LogP contribution in [0.3, 0.4) is 0 Å². The lowest BCUT2D eigenvalue weighted by molar-refractivity contribution is 0.176. The lowest BCUT2D eigenvalue weighted by Crippen LogP contribution is -2.05. The Morgan fingerprint density at radius 2 is 2.00 bits per heavy atom. The lowest BCUT2D eigenvalue weighted by Gasteiger charge is -2.14. The summed E-state index contributed by atoms with van der Waals surface area (Å²) in [6.45, 7) is 1.95. The summed E-state index contributed by atoms with van der Waals surface area (Å²) in [7, 11) is 0. The Balaban J connectivity index is 2.27. The molecule has 0 aliphatic carbocycles. The first-order valence-corrected chi connectivity index (χ1v) is 7.02. The zero-order valence-electron chi connectivity index (χ0n) is 10.3. The summed E-state index contributed by atoms with van der Waals surface area (Å²) in [5.74, 6) is -0.354. The molecule has 0 bridgehead atoms. The van der Waals surface area contributed by atoms with E-state index in [0.29, 0.717) is 10.6 Å². The molecule has 0 aromatic heterocycles. The third-order valence-electron chi connectivity index (χ3n) is 2.93. The van der Waals surface area contributed by atoms with Crippen LogP contribution in [0.15, 0.2) is 40.9 Å². The first kappa shape index (κ1) is 14.5. The predicted molar refractivity (Wildman–Crippen MR) is 79.0 cm³/mol. The Morgan fingerprint density at radius 1 is 1.26 bits per heavy atom. The van der Waals surface area contributed by atoms with Gasteiger partial charge in [-0.15, -0.1) is 0 Å². The van der Waals surface area contributed by atoms with E-state index in [1.165, 1.54) is 12.1 Å². The molecule has 4 heteroatoms.